The van der Waals surface area contributed by atoms with Gasteiger partial charge in [-0.2, -0.15) is 5.10 Å². The number of hydrogen-bond donors (Lipinski definition) is 3. The highest BCUT2D eigenvalue weighted by molar-refractivity contribution is 5.85. The normalized spacial score (nSPS) is 21.2. The summed E-state index contributed by atoms with van der Waals surface area (Å²) in [6, 6.07) is 0. The van der Waals surface area contributed by atoms with Crippen LogP contribution in [0, 0.1) is 0 Å². The van der Waals surface area contributed by atoms with E-state index >= 15 is 0 Å². The molecule has 0 saturated heterocycles. The molecule has 1 aliphatic heterocycles. The lowest BCUT2D eigenvalue weighted by molar-refractivity contribution is 0.635. The van der Waals surface area contributed by atoms with E-state index in [0.29, 0.717) is 11.9 Å². The number of nitrogens with zero attached hydrogens (tertiary/aromatic N) is 2. The number of guanidine groups is 1. The summed E-state index contributed by atoms with van der Waals surface area (Å²) in [6.07, 6.45) is 3.72. The molecule has 0 bridgehead atoms. The van der Waals surface area contributed by atoms with Crippen molar-refractivity contribution in [3.05, 3.63) is 18.0 Å². The number of aliphatic imine (C=N–C) groups is 1. The van der Waals surface area contributed by atoms with Gasteiger partial charge in [-0.25, -0.2) is 0 Å². The van der Waals surface area contributed by atoms with Crippen molar-refractivity contribution >= 4 is 18.4 Å². The van der Waals surface area contributed by atoms with Gasteiger partial charge in [0.05, 0.1) is 12.7 Å². The Morgan fingerprint density at radius 2 is 2.38 bits per heavy atom. The van der Waals surface area contributed by atoms with E-state index in [2.05, 4.69) is 20.5 Å². The summed E-state index contributed by atoms with van der Waals surface area (Å²) in [5, 5.41) is 9.67. The lowest BCUT2D eigenvalue weighted by Crippen LogP contribution is -2.39. The van der Waals surface area contributed by atoms with Gasteiger partial charge in [0.2, 0.25) is 0 Å². The molecule has 0 aromatic carbocycles. The Hall–Kier alpha value is -1.23. The number of nitrogens with one attached hydrogen (secondary N) is 2. The second kappa shape index (κ2) is 4.13. The molecule has 4 N–H and O–H groups in total. The molecule has 2 rings (SSSR count). The highest BCUT2D eigenvalue weighted by Gasteiger charge is 2.15. The van der Waals surface area contributed by atoms with Crippen LogP contribution in [-0.4, -0.2) is 29.2 Å². The van der Waals surface area contributed by atoms with Crippen LogP contribution < -0.4 is 11.1 Å². The van der Waals surface area contributed by atoms with Crippen molar-refractivity contribution < 1.29 is 0 Å². The Labute approximate surface area is 82.2 Å². The second-order valence-corrected chi connectivity index (χ2v) is 2.84. The van der Waals surface area contributed by atoms with Crippen molar-refractivity contribution in [3.8, 4) is 0 Å². The van der Waals surface area contributed by atoms with Gasteiger partial charge >= 0.3 is 0 Å². The third-order valence-corrected chi connectivity index (χ3v) is 2.00. The molecule has 6 heteroatoms. The van der Waals surface area contributed by atoms with E-state index in [1.807, 2.05) is 12.4 Å². The minimum atomic E-state index is 0. The molecule has 1 unspecified atom stereocenters. The SMILES string of the molecule is Cl.NC1=NCC(c2cn[nH]c2)CN1. The maximum absolute atomic E-state index is 5.47. The number of aromatic amines is 1. The van der Waals surface area contributed by atoms with E-state index in [0.717, 1.165) is 13.1 Å². The second-order valence-electron chi connectivity index (χ2n) is 2.84. The first kappa shape index (κ1) is 9.85. The predicted molar refractivity (Wildman–Crippen MR) is 53.1 cm³/mol. The van der Waals surface area contributed by atoms with Crippen LogP contribution in [0.15, 0.2) is 17.4 Å². The smallest absolute Gasteiger partial charge is 0.188 e. The van der Waals surface area contributed by atoms with Crippen LogP contribution in [0.4, 0.5) is 0 Å². The van der Waals surface area contributed by atoms with Gasteiger partial charge < -0.3 is 11.1 Å². The zero-order chi connectivity index (χ0) is 8.39. The van der Waals surface area contributed by atoms with Crippen molar-refractivity contribution in [2.24, 2.45) is 10.7 Å². The van der Waals surface area contributed by atoms with Crippen LogP contribution in [0.2, 0.25) is 0 Å². The number of H-pyrrole nitrogens is 1. The zero-order valence-electron chi connectivity index (χ0n) is 7.03. The minimum Gasteiger partial charge on any atom is -0.370 e. The van der Waals surface area contributed by atoms with Gasteiger partial charge in [-0.3, -0.25) is 10.1 Å². The average molecular weight is 202 g/mol. The van der Waals surface area contributed by atoms with Gasteiger partial charge in [0.25, 0.3) is 0 Å². The third-order valence-electron chi connectivity index (χ3n) is 2.00. The molecule has 1 aromatic heterocycles. The number of nitrogens with two attached hydrogens (primary N) is 1. The van der Waals surface area contributed by atoms with Gasteiger partial charge in [0.1, 0.15) is 0 Å². The van der Waals surface area contributed by atoms with E-state index in [9.17, 15) is 0 Å². The van der Waals surface area contributed by atoms with Crippen molar-refractivity contribution in [1.29, 1.82) is 0 Å². The monoisotopic (exact) mass is 201 g/mol. The molecule has 5 nitrogen and oxygen atoms in total. The molecule has 13 heavy (non-hydrogen) atoms. The summed E-state index contributed by atoms with van der Waals surface area (Å²) >= 11 is 0. The first-order valence-corrected chi connectivity index (χ1v) is 3.89. The third kappa shape index (κ3) is 2.12. The van der Waals surface area contributed by atoms with Gasteiger partial charge in [-0.15, -0.1) is 12.4 Å². The van der Waals surface area contributed by atoms with Crippen LogP contribution in [0.5, 0.6) is 0 Å². The highest BCUT2D eigenvalue weighted by Crippen LogP contribution is 2.14. The van der Waals surface area contributed by atoms with Gasteiger partial charge in [0.15, 0.2) is 5.96 Å². The molecular formula is C7H12ClN5. The van der Waals surface area contributed by atoms with Crippen LogP contribution in [0.3, 0.4) is 0 Å². The molecule has 0 fully saturated rings. The fraction of sp³-hybridized carbons (Fsp3) is 0.429. The lowest BCUT2D eigenvalue weighted by atomic mass is 10.0. The summed E-state index contributed by atoms with van der Waals surface area (Å²) in [5.74, 6) is 0.936. The molecule has 1 atom stereocenters. The van der Waals surface area contributed by atoms with E-state index in [1.165, 1.54) is 5.56 Å². The van der Waals surface area contributed by atoms with E-state index in [-0.39, 0.29) is 12.4 Å². The standard InChI is InChI=1S/C7H11N5.ClH/c8-7-9-1-5(2-10-7)6-3-11-12-4-6;/h3-5H,1-2H2,(H,11,12)(H3,8,9,10);1H. The largest absolute Gasteiger partial charge is 0.370 e. The fourth-order valence-electron chi connectivity index (χ4n) is 1.26. The number of halogens is 1. The molecule has 1 aliphatic rings. The lowest BCUT2D eigenvalue weighted by Gasteiger charge is -2.19. The van der Waals surface area contributed by atoms with Crippen molar-refractivity contribution in [2.75, 3.05) is 13.1 Å². The molecule has 0 amide bonds. The number of hydrogen-bond acceptors (Lipinski definition) is 4. The maximum Gasteiger partial charge on any atom is 0.188 e. The van der Waals surface area contributed by atoms with E-state index in [4.69, 9.17) is 5.73 Å². The van der Waals surface area contributed by atoms with Crippen molar-refractivity contribution in [2.45, 2.75) is 5.92 Å². The molecular weight excluding hydrogens is 190 g/mol. The average Bonchev–Trinajstić information content (AvgIpc) is 2.58. The summed E-state index contributed by atoms with van der Waals surface area (Å²) in [5.41, 5.74) is 6.65. The maximum atomic E-state index is 5.47. The summed E-state index contributed by atoms with van der Waals surface area (Å²) in [7, 11) is 0. The molecule has 2 heterocycles. The highest BCUT2D eigenvalue weighted by atomic mass is 35.5. The van der Waals surface area contributed by atoms with E-state index in [1.54, 1.807) is 0 Å². The van der Waals surface area contributed by atoms with Crippen LogP contribution in [0.25, 0.3) is 0 Å². The first-order valence-electron chi connectivity index (χ1n) is 3.89. The molecule has 0 spiro atoms. The van der Waals surface area contributed by atoms with Crippen LogP contribution >= 0.6 is 12.4 Å². The number of aromatic nitrogens is 2. The van der Waals surface area contributed by atoms with Gasteiger partial charge in [-0.05, 0) is 5.56 Å². The Kier molecular flexibility index (Phi) is 3.13. The zero-order valence-corrected chi connectivity index (χ0v) is 7.84. The fourth-order valence-corrected chi connectivity index (χ4v) is 1.26. The molecule has 0 saturated carbocycles. The molecule has 0 radical (unpaired) electrons. The van der Waals surface area contributed by atoms with Crippen molar-refractivity contribution in [1.82, 2.24) is 15.5 Å². The Morgan fingerprint density at radius 3 is 2.92 bits per heavy atom. The Morgan fingerprint density at radius 1 is 1.54 bits per heavy atom. The summed E-state index contributed by atoms with van der Waals surface area (Å²) < 4.78 is 0. The van der Waals surface area contributed by atoms with Crippen molar-refractivity contribution in [3.63, 3.8) is 0 Å². The quantitative estimate of drug-likeness (QED) is 0.591. The van der Waals surface area contributed by atoms with Gasteiger partial charge in [-0.1, -0.05) is 0 Å². The summed E-state index contributed by atoms with van der Waals surface area (Å²) in [4.78, 5) is 4.11. The number of rotatable bonds is 1. The van der Waals surface area contributed by atoms with Gasteiger partial charge in [0, 0.05) is 18.7 Å². The molecule has 72 valence electrons. The topological polar surface area (TPSA) is 79.1 Å². The predicted octanol–water partition coefficient (Wildman–Crippen LogP) is -0.167. The van der Waals surface area contributed by atoms with Crippen LogP contribution in [0.1, 0.15) is 11.5 Å². The summed E-state index contributed by atoms with van der Waals surface area (Å²) in [6.45, 7) is 1.59. The first-order chi connectivity index (χ1) is 5.86. The van der Waals surface area contributed by atoms with Crippen LogP contribution in [-0.2, 0) is 0 Å². The molecule has 0 aliphatic carbocycles. The Balaban J connectivity index is 0.000000845. The Bertz CT molecular complexity index is 281. The van der Waals surface area contributed by atoms with E-state index < -0.39 is 0 Å². The molecule has 1 aromatic rings. The minimum absolute atomic E-state index is 0.